The number of likely N-dealkylation sites (tertiary alicyclic amines) is 1. The summed E-state index contributed by atoms with van der Waals surface area (Å²) < 4.78 is 0. The third-order valence-corrected chi connectivity index (χ3v) is 5.17. The van der Waals surface area contributed by atoms with Crippen LogP contribution in [0.2, 0.25) is 0 Å². The molecule has 3 aliphatic rings. The topological polar surface area (TPSA) is 32.3 Å². The first kappa shape index (κ1) is 15.1. The van der Waals surface area contributed by atoms with Gasteiger partial charge in [-0.05, 0) is 51.0 Å². The zero-order valence-electron chi connectivity index (χ0n) is 11.8. The minimum Gasteiger partial charge on any atom is -0.339 e. The predicted octanol–water partition coefficient (Wildman–Crippen LogP) is 2.59. The van der Waals surface area contributed by atoms with Gasteiger partial charge in [-0.1, -0.05) is 12.8 Å². The van der Waals surface area contributed by atoms with Crippen LogP contribution in [0.1, 0.15) is 51.4 Å². The third kappa shape index (κ3) is 3.25. The van der Waals surface area contributed by atoms with E-state index in [4.69, 9.17) is 0 Å². The molecule has 2 unspecified atom stereocenters. The van der Waals surface area contributed by atoms with Crippen molar-refractivity contribution in [3.05, 3.63) is 0 Å². The molecule has 1 N–H and O–H groups in total. The van der Waals surface area contributed by atoms with Crippen LogP contribution < -0.4 is 5.32 Å². The van der Waals surface area contributed by atoms with Gasteiger partial charge in [0.2, 0.25) is 5.91 Å². The number of nitrogens with one attached hydrogen (secondary N) is 1. The van der Waals surface area contributed by atoms with Gasteiger partial charge in [0.05, 0.1) is 5.92 Å². The van der Waals surface area contributed by atoms with Gasteiger partial charge in [0.1, 0.15) is 0 Å². The number of hydrogen-bond acceptors (Lipinski definition) is 2. The van der Waals surface area contributed by atoms with Crippen molar-refractivity contribution >= 4 is 18.3 Å². The lowest BCUT2D eigenvalue weighted by molar-refractivity contribution is -0.137. The van der Waals surface area contributed by atoms with Crippen molar-refractivity contribution in [2.75, 3.05) is 19.6 Å². The zero-order chi connectivity index (χ0) is 12.4. The van der Waals surface area contributed by atoms with Crippen LogP contribution in [0.3, 0.4) is 0 Å². The summed E-state index contributed by atoms with van der Waals surface area (Å²) in [6, 6.07) is 0.585. The highest BCUT2D eigenvalue weighted by Crippen LogP contribution is 2.36. The van der Waals surface area contributed by atoms with Gasteiger partial charge < -0.3 is 10.2 Å². The van der Waals surface area contributed by atoms with Crippen molar-refractivity contribution in [1.82, 2.24) is 10.2 Å². The second kappa shape index (κ2) is 6.94. The van der Waals surface area contributed by atoms with Gasteiger partial charge in [-0.2, -0.15) is 0 Å². The molecule has 0 radical (unpaired) electrons. The first-order valence-corrected chi connectivity index (χ1v) is 7.87. The molecule has 19 heavy (non-hydrogen) atoms. The van der Waals surface area contributed by atoms with Gasteiger partial charge in [-0.3, -0.25) is 4.79 Å². The molecule has 2 aliphatic heterocycles. The fraction of sp³-hybridized carbons (Fsp3) is 0.933. The molecule has 0 aromatic heterocycles. The van der Waals surface area contributed by atoms with E-state index >= 15 is 0 Å². The van der Waals surface area contributed by atoms with Gasteiger partial charge >= 0.3 is 0 Å². The van der Waals surface area contributed by atoms with Crippen LogP contribution in [-0.2, 0) is 4.79 Å². The SMILES string of the molecule is Cl.O=C(C1CCCNC1)N1CCCC1C1CCCC1. The number of nitrogens with zero attached hydrogens (tertiary/aromatic N) is 1. The quantitative estimate of drug-likeness (QED) is 0.846. The van der Waals surface area contributed by atoms with Gasteiger partial charge in [0.15, 0.2) is 0 Å². The standard InChI is InChI=1S/C15H26N2O.ClH/c18-15(13-7-3-9-16-11-13)17-10-4-8-14(17)12-5-1-2-6-12;/h12-14,16H,1-11H2;1H. The highest BCUT2D eigenvalue weighted by atomic mass is 35.5. The Balaban J connectivity index is 0.00000133. The van der Waals surface area contributed by atoms with Crippen molar-refractivity contribution < 1.29 is 4.79 Å². The number of halogens is 1. The number of carbonyl (C=O) groups is 1. The van der Waals surface area contributed by atoms with Gasteiger partial charge in [-0.25, -0.2) is 0 Å². The average molecular weight is 287 g/mol. The van der Waals surface area contributed by atoms with E-state index in [2.05, 4.69) is 10.2 Å². The van der Waals surface area contributed by atoms with E-state index in [-0.39, 0.29) is 18.3 Å². The smallest absolute Gasteiger partial charge is 0.227 e. The largest absolute Gasteiger partial charge is 0.339 e. The molecule has 1 saturated carbocycles. The van der Waals surface area contributed by atoms with Crippen LogP contribution in [0.25, 0.3) is 0 Å². The van der Waals surface area contributed by atoms with Gasteiger partial charge in [-0.15, -0.1) is 12.4 Å². The molecule has 0 aromatic rings. The van der Waals surface area contributed by atoms with Crippen molar-refractivity contribution in [3.8, 4) is 0 Å². The molecule has 110 valence electrons. The highest BCUT2D eigenvalue weighted by molar-refractivity contribution is 5.85. The Hall–Kier alpha value is -0.280. The Bertz CT molecular complexity index is 299. The zero-order valence-corrected chi connectivity index (χ0v) is 12.6. The van der Waals surface area contributed by atoms with Crippen molar-refractivity contribution in [2.45, 2.75) is 57.4 Å². The molecule has 3 nitrogen and oxygen atoms in total. The summed E-state index contributed by atoms with van der Waals surface area (Å²) in [5, 5.41) is 3.38. The number of amides is 1. The Labute approximate surface area is 122 Å². The second-order valence-corrected chi connectivity index (χ2v) is 6.33. The maximum Gasteiger partial charge on any atom is 0.227 e. The number of carbonyl (C=O) groups excluding carboxylic acids is 1. The lowest BCUT2D eigenvalue weighted by atomic mass is 9.93. The summed E-state index contributed by atoms with van der Waals surface area (Å²) in [5.74, 6) is 1.53. The highest BCUT2D eigenvalue weighted by Gasteiger charge is 2.38. The Morgan fingerprint density at radius 1 is 1.00 bits per heavy atom. The molecule has 4 heteroatoms. The number of hydrogen-bond donors (Lipinski definition) is 1. The van der Waals surface area contributed by atoms with Crippen LogP contribution in [-0.4, -0.2) is 36.5 Å². The summed E-state index contributed by atoms with van der Waals surface area (Å²) in [6.07, 6.45) is 10.2. The molecule has 0 spiro atoms. The van der Waals surface area contributed by atoms with Crippen LogP contribution in [0.5, 0.6) is 0 Å². The molecule has 1 aliphatic carbocycles. The van der Waals surface area contributed by atoms with Crippen LogP contribution in [0.4, 0.5) is 0 Å². The minimum atomic E-state index is 0. The maximum absolute atomic E-state index is 12.7. The Morgan fingerprint density at radius 3 is 2.47 bits per heavy atom. The monoisotopic (exact) mass is 286 g/mol. The molecule has 3 rings (SSSR count). The minimum absolute atomic E-state index is 0. The van der Waals surface area contributed by atoms with E-state index in [9.17, 15) is 4.79 Å². The van der Waals surface area contributed by atoms with E-state index in [1.807, 2.05) is 0 Å². The van der Waals surface area contributed by atoms with E-state index in [1.165, 1.54) is 44.9 Å². The molecule has 2 saturated heterocycles. The predicted molar refractivity (Wildman–Crippen MR) is 79.5 cm³/mol. The molecular formula is C15H27ClN2O. The third-order valence-electron chi connectivity index (χ3n) is 5.17. The summed E-state index contributed by atoms with van der Waals surface area (Å²) >= 11 is 0. The van der Waals surface area contributed by atoms with Crippen LogP contribution in [0.15, 0.2) is 0 Å². The molecule has 2 heterocycles. The molecule has 3 fully saturated rings. The van der Waals surface area contributed by atoms with Gasteiger partial charge in [0.25, 0.3) is 0 Å². The lowest BCUT2D eigenvalue weighted by Crippen LogP contribution is -2.46. The van der Waals surface area contributed by atoms with Crippen molar-refractivity contribution in [1.29, 1.82) is 0 Å². The van der Waals surface area contributed by atoms with Gasteiger partial charge in [0, 0.05) is 19.1 Å². The van der Waals surface area contributed by atoms with E-state index in [0.29, 0.717) is 11.9 Å². The van der Waals surface area contributed by atoms with Crippen molar-refractivity contribution in [3.63, 3.8) is 0 Å². The summed E-state index contributed by atoms with van der Waals surface area (Å²) in [6.45, 7) is 3.03. The molecule has 2 atom stereocenters. The average Bonchev–Trinajstić information content (AvgIpc) is 3.09. The van der Waals surface area contributed by atoms with E-state index < -0.39 is 0 Å². The fourth-order valence-electron chi connectivity index (χ4n) is 4.20. The molecular weight excluding hydrogens is 260 g/mol. The maximum atomic E-state index is 12.7. The first-order chi connectivity index (χ1) is 8.86. The Kier molecular flexibility index (Phi) is 5.52. The summed E-state index contributed by atoms with van der Waals surface area (Å²) in [5.41, 5.74) is 0. The van der Waals surface area contributed by atoms with E-state index in [0.717, 1.165) is 32.0 Å². The van der Waals surface area contributed by atoms with Crippen LogP contribution in [0, 0.1) is 11.8 Å². The van der Waals surface area contributed by atoms with E-state index in [1.54, 1.807) is 0 Å². The fourth-order valence-corrected chi connectivity index (χ4v) is 4.20. The first-order valence-electron chi connectivity index (χ1n) is 7.87. The lowest BCUT2D eigenvalue weighted by Gasteiger charge is -2.33. The summed E-state index contributed by atoms with van der Waals surface area (Å²) in [7, 11) is 0. The number of piperidine rings is 1. The number of rotatable bonds is 2. The summed E-state index contributed by atoms with van der Waals surface area (Å²) in [4.78, 5) is 14.9. The normalized spacial score (nSPS) is 32.3. The Morgan fingerprint density at radius 2 is 1.79 bits per heavy atom. The molecule has 1 amide bonds. The van der Waals surface area contributed by atoms with Crippen LogP contribution >= 0.6 is 12.4 Å². The molecule has 0 bridgehead atoms. The van der Waals surface area contributed by atoms with Crippen molar-refractivity contribution in [2.24, 2.45) is 11.8 Å². The molecule has 0 aromatic carbocycles. The second-order valence-electron chi connectivity index (χ2n) is 6.33.